The molecule has 3 unspecified atom stereocenters. The second kappa shape index (κ2) is 5.42. The molecule has 5 nitrogen and oxygen atoms in total. The fourth-order valence-corrected chi connectivity index (χ4v) is 4.51. The number of piperidine rings is 1. The largest absolute Gasteiger partial charge is 0.416 e. The van der Waals surface area contributed by atoms with E-state index in [9.17, 15) is 26.7 Å². The first-order valence-corrected chi connectivity index (χ1v) is 9.31. The molecule has 3 atom stereocenters. The van der Waals surface area contributed by atoms with Gasteiger partial charge in [-0.3, -0.25) is 5.32 Å². The molecule has 2 aliphatic heterocycles. The van der Waals surface area contributed by atoms with Crippen molar-refractivity contribution >= 4 is 10.1 Å². The third-order valence-corrected chi connectivity index (χ3v) is 5.21. The monoisotopic (exact) mass is 365 g/mol. The normalized spacial score (nSPS) is 33.6. The summed E-state index contributed by atoms with van der Waals surface area (Å²) in [6, 6.07) is 4.15. The van der Waals surface area contributed by atoms with Gasteiger partial charge >= 0.3 is 6.18 Å². The van der Waals surface area contributed by atoms with E-state index in [1.165, 1.54) is 12.1 Å². The fraction of sp³-hybridized carbons (Fsp3) is 0.600. The summed E-state index contributed by atoms with van der Waals surface area (Å²) in [5.41, 5.74) is -3.13. The van der Waals surface area contributed by atoms with Gasteiger partial charge in [0.25, 0.3) is 10.1 Å². The van der Waals surface area contributed by atoms with Crippen LogP contribution in [0.5, 0.6) is 0 Å². The number of aliphatic hydroxyl groups is 1. The van der Waals surface area contributed by atoms with Crippen LogP contribution in [0, 0.1) is 0 Å². The maximum Gasteiger partial charge on any atom is 0.416 e. The Balaban J connectivity index is 1.90. The maximum absolute atomic E-state index is 12.7. The van der Waals surface area contributed by atoms with Crippen molar-refractivity contribution in [2.24, 2.45) is 0 Å². The predicted octanol–water partition coefficient (Wildman–Crippen LogP) is 2.11. The van der Waals surface area contributed by atoms with Crippen LogP contribution in [0.25, 0.3) is 0 Å². The van der Waals surface area contributed by atoms with Crippen molar-refractivity contribution in [3.63, 3.8) is 0 Å². The average Bonchev–Trinajstić information content (AvgIpc) is 2.71. The van der Waals surface area contributed by atoms with Gasteiger partial charge in [0.1, 0.15) is 5.72 Å². The first-order chi connectivity index (χ1) is 10.9. The molecule has 2 bridgehead atoms. The van der Waals surface area contributed by atoms with Crippen LogP contribution < -0.4 is 5.32 Å². The molecule has 0 amide bonds. The van der Waals surface area contributed by atoms with E-state index in [2.05, 4.69) is 5.32 Å². The third kappa shape index (κ3) is 3.44. The molecule has 2 aliphatic rings. The Hall–Kier alpha value is -1.16. The zero-order chi connectivity index (χ0) is 17.8. The summed E-state index contributed by atoms with van der Waals surface area (Å²) in [6.07, 6.45) is -2.24. The van der Waals surface area contributed by atoms with Gasteiger partial charge in [-0.2, -0.15) is 21.6 Å². The van der Waals surface area contributed by atoms with Gasteiger partial charge in [-0.25, -0.2) is 4.18 Å². The van der Waals surface area contributed by atoms with E-state index < -0.39 is 33.2 Å². The Morgan fingerprint density at radius 1 is 1.29 bits per heavy atom. The molecular weight excluding hydrogens is 347 g/mol. The molecule has 3 rings (SSSR count). The minimum Gasteiger partial charge on any atom is -0.385 e. The van der Waals surface area contributed by atoms with Crippen LogP contribution in [-0.4, -0.2) is 31.5 Å². The summed E-state index contributed by atoms with van der Waals surface area (Å²) < 4.78 is 66.2. The highest BCUT2D eigenvalue weighted by Gasteiger charge is 2.54. The quantitative estimate of drug-likeness (QED) is 0.803. The number of hydrogen-bond donors (Lipinski definition) is 2. The topological polar surface area (TPSA) is 75.6 Å². The summed E-state index contributed by atoms with van der Waals surface area (Å²) in [5, 5.41) is 14.1. The van der Waals surface area contributed by atoms with Crippen LogP contribution in [0.3, 0.4) is 0 Å². The van der Waals surface area contributed by atoms with Gasteiger partial charge in [0.05, 0.1) is 17.4 Å². The number of rotatable bonds is 3. The molecule has 2 heterocycles. The lowest BCUT2D eigenvalue weighted by Crippen LogP contribution is -2.57. The van der Waals surface area contributed by atoms with Crippen molar-refractivity contribution in [3.05, 3.63) is 35.4 Å². The van der Waals surface area contributed by atoms with Crippen molar-refractivity contribution in [2.45, 2.75) is 49.2 Å². The molecular formula is C15H18F3NO4S. The lowest BCUT2D eigenvalue weighted by molar-refractivity contribution is -0.137. The third-order valence-electron chi connectivity index (χ3n) is 4.59. The van der Waals surface area contributed by atoms with E-state index in [-0.39, 0.29) is 18.9 Å². The summed E-state index contributed by atoms with van der Waals surface area (Å²) in [6.45, 7) is 0. The zero-order valence-electron chi connectivity index (χ0n) is 12.9. The van der Waals surface area contributed by atoms with Crippen molar-refractivity contribution in [2.75, 3.05) is 6.26 Å². The van der Waals surface area contributed by atoms with Crippen LogP contribution in [0.1, 0.15) is 36.8 Å². The molecule has 0 radical (unpaired) electrons. The van der Waals surface area contributed by atoms with Crippen molar-refractivity contribution < 1.29 is 30.9 Å². The Morgan fingerprint density at radius 3 is 2.46 bits per heavy atom. The van der Waals surface area contributed by atoms with Crippen LogP contribution in [-0.2, 0) is 26.1 Å². The fourth-order valence-electron chi connectivity index (χ4n) is 3.74. The standard InChI is InChI=1S/C15H18F3NO4S/c1-24(21,22)23-14-7-6-12(19-14)8-13(20,9-14)10-2-4-11(5-3-10)15(16,17)18/h2-5,12,19-20H,6-9H2,1H3. The molecule has 0 aromatic heterocycles. The number of alkyl halides is 3. The Bertz CT molecular complexity index is 734. The van der Waals surface area contributed by atoms with E-state index in [0.29, 0.717) is 18.4 Å². The lowest BCUT2D eigenvalue weighted by Gasteiger charge is -2.43. The SMILES string of the molecule is CS(=O)(=O)OC12CCC(CC(O)(c3ccc(C(F)(F)F)cc3)C1)N2. The highest BCUT2D eigenvalue weighted by molar-refractivity contribution is 7.86. The Labute approximate surface area is 137 Å². The molecule has 2 saturated heterocycles. The van der Waals surface area contributed by atoms with Gasteiger partial charge in [-0.15, -0.1) is 0 Å². The van der Waals surface area contributed by atoms with Crippen molar-refractivity contribution in [3.8, 4) is 0 Å². The van der Waals surface area contributed by atoms with E-state index in [4.69, 9.17) is 4.18 Å². The van der Waals surface area contributed by atoms with Gasteiger partial charge < -0.3 is 5.11 Å². The van der Waals surface area contributed by atoms with Gasteiger partial charge in [-0.1, -0.05) is 12.1 Å². The second-order valence-electron chi connectivity index (χ2n) is 6.65. The number of fused-ring (bicyclic) bond motifs is 2. The Kier molecular flexibility index (Phi) is 3.99. The molecule has 0 spiro atoms. The average molecular weight is 365 g/mol. The van der Waals surface area contributed by atoms with E-state index in [0.717, 1.165) is 18.4 Å². The Morgan fingerprint density at radius 2 is 1.92 bits per heavy atom. The smallest absolute Gasteiger partial charge is 0.385 e. The number of benzene rings is 1. The van der Waals surface area contributed by atoms with Crippen LogP contribution in [0.4, 0.5) is 13.2 Å². The lowest BCUT2D eigenvalue weighted by atomic mass is 9.80. The number of halogens is 3. The summed E-state index contributed by atoms with van der Waals surface area (Å²) in [4.78, 5) is 0. The first kappa shape index (κ1) is 17.7. The van der Waals surface area contributed by atoms with Crippen molar-refractivity contribution in [1.82, 2.24) is 5.32 Å². The molecule has 134 valence electrons. The summed E-state index contributed by atoms with van der Waals surface area (Å²) >= 11 is 0. The summed E-state index contributed by atoms with van der Waals surface area (Å²) in [7, 11) is -3.75. The van der Waals surface area contributed by atoms with Gasteiger partial charge in [-0.05, 0) is 37.0 Å². The molecule has 1 aromatic rings. The molecule has 9 heteroatoms. The zero-order valence-corrected chi connectivity index (χ0v) is 13.7. The molecule has 2 N–H and O–H groups in total. The second-order valence-corrected chi connectivity index (χ2v) is 8.22. The molecule has 1 aromatic carbocycles. The summed E-state index contributed by atoms with van der Waals surface area (Å²) in [5.74, 6) is 0. The predicted molar refractivity (Wildman–Crippen MR) is 79.4 cm³/mol. The van der Waals surface area contributed by atoms with Gasteiger partial charge in [0.2, 0.25) is 0 Å². The minimum atomic E-state index is -4.45. The first-order valence-electron chi connectivity index (χ1n) is 7.49. The molecule has 24 heavy (non-hydrogen) atoms. The van der Waals surface area contributed by atoms with E-state index >= 15 is 0 Å². The van der Waals surface area contributed by atoms with Crippen LogP contribution >= 0.6 is 0 Å². The van der Waals surface area contributed by atoms with Crippen molar-refractivity contribution in [1.29, 1.82) is 0 Å². The van der Waals surface area contributed by atoms with E-state index in [1.54, 1.807) is 0 Å². The maximum atomic E-state index is 12.7. The van der Waals surface area contributed by atoms with Crippen LogP contribution in [0.15, 0.2) is 24.3 Å². The van der Waals surface area contributed by atoms with Crippen LogP contribution in [0.2, 0.25) is 0 Å². The molecule has 0 aliphatic carbocycles. The minimum absolute atomic E-state index is 0.0467. The number of nitrogens with one attached hydrogen (secondary N) is 1. The number of hydrogen-bond acceptors (Lipinski definition) is 5. The van der Waals surface area contributed by atoms with Gasteiger partial charge in [0, 0.05) is 12.5 Å². The van der Waals surface area contributed by atoms with Gasteiger partial charge in [0.15, 0.2) is 0 Å². The molecule has 0 saturated carbocycles. The molecule has 2 fully saturated rings. The van der Waals surface area contributed by atoms with E-state index in [1.807, 2.05) is 0 Å². The highest BCUT2D eigenvalue weighted by Crippen LogP contribution is 2.47. The highest BCUT2D eigenvalue weighted by atomic mass is 32.2.